The highest BCUT2D eigenvalue weighted by Crippen LogP contribution is 2.07. The number of hydrogen-bond acceptors (Lipinski definition) is 2. The normalized spacial score (nSPS) is 10.1. The third kappa shape index (κ3) is 3.32. The Kier molecular flexibility index (Phi) is 4.31. The van der Waals surface area contributed by atoms with Gasteiger partial charge in [-0.1, -0.05) is 42.0 Å². The van der Waals surface area contributed by atoms with Gasteiger partial charge < -0.3 is 5.32 Å². The fourth-order valence-electron chi connectivity index (χ4n) is 2.00. The Morgan fingerprint density at radius 2 is 1.75 bits per heavy atom. The lowest BCUT2D eigenvalue weighted by Crippen LogP contribution is -2.30. The highest BCUT2D eigenvalue weighted by molar-refractivity contribution is 6.02. The van der Waals surface area contributed by atoms with Gasteiger partial charge in [-0.3, -0.25) is 9.59 Å². The van der Waals surface area contributed by atoms with E-state index < -0.39 is 0 Å². The highest BCUT2D eigenvalue weighted by atomic mass is 16.2. The Labute approximate surface area is 118 Å². The van der Waals surface area contributed by atoms with E-state index in [0.29, 0.717) is 11.1 Å². The van der Waals surface area contributed by atoms with Crippen molar-refractivity contribution in [1.29, 1.82) is 0 Å². The minimum Gasteiger partial charge on any atom is -0.345 e. The first-order valence-corrected chi connectivity index (χ1v) is 6.51. The smallest absolute Gasteiger partial charge is 0.251 e. The van der Waals surface area contributed by atoms with Crippen molar-refractivity contribution in [3.05, 3.63) is 70.8 Å². The number of ketones is 1. The molecule has 2 aromatic carbocycles. The van der Waals surface area contributed by atoms with Gasteiger partial charge >= 0.3 is 0 Å². The van der Waals surface area contributed by atoms with Crippen molar-refractivity contribution in [2.75, 3.05) is 6.54 Å². The lowest BCUT2D eigenvalue weighted by Gasteiger charge is -2.07. The van der Waals surface area contributed by atoms with Crippen LogP contribution in [-0.2, 0) is 0 Å². The number of benzene rings is 2. The zero-order valence-corrected chi connectivity index (χ0v) is 11.6. The van der Waals surface area contributed by atoms with E-state index in [1.165, 1.54) is 0 Å². The lowest BCUT2D eigenvalue weighted by atomic mass is 10.1. The van der Waals surface area contributed by atoms with Crippen LogP contribution in [0.1, 0.15) is 31.8 Å². The summed E-state index contributed by atoms with van der Waals surface area (Å²) in [4.78, 5) is 24.0. The van der Waals surface area contributed by atoms with Crippen LogP contribution >= 0.6 is 0 Å². The molecule has 1 amide bonds. The summed E-state index contributed by atoms with van der Waals surface area (Å²) < 4.78 is 0. The number of rotatable bonds is 4. The van der Waals surface area contributed by atoms with Gasteiger partial charge in [0.15, 0.2) is 5.78 Å². The molecule has 20 heavy (non-hydrogen) atoms. The van der Waals surface area contributed by atoms with Gasteiger partial charge in [-0.2, -0.15) is 0 Å². The molecule has 0 heterocycles. The molecular weight excluding hydrogens is 250 g/mol. The first-order valence-electron chi connectivity index (χ1n) is 6.51. The molecule has 0 radical (unpaired) electrons. The quantitative estimate of drug-likeness (QED) is 0.866. The number of amides is 1. The van der Waals surface area contributed by atoms with Gasteiger partial charge in [0, 0.05) is 11.1 Å². The third-order valence-corrected chi connectivity index (χ3v) is 3.14. The molecule has 0 spiro atoms. The molecule has 3 nitrogen and oxygen atoms in total. The molecule has 0 bridgehead atoms. The van der Waals surface area contributed by atoms with E-state index in [1.54, 1.807) is 12.1 Å². The van der Waals surface area contributed by atoms with Crippen LogP contribution in [0.15, 0.2) is 48.5 Å². The minimum absolute atomic E-state index is 0.0105. The van der Waals surface area contributed by atoms with E-state index in [1.807, 2.05) is 50.2 Å². The van der Waals surface area contributed by atoms with Gasteiger partial charge in [-0.25, -0.2) is 0 Å². The zero-order valence-electron chi connectivity index (χ0n) is 11.6. The van der Waals surface area contributed by atoms with E-state index in [-0.39, 0.29) is 18.2 Å². The van der Waals surface area contributed by atoms with Crippen molar-refractivity contribution in [3.63, 3.8) is 0 Å². The standard InChI is InChI=1S/C17H17NO2/c1-12-6-5-8-14(10-12)16(19)11-18-17(20)15-9-4-3-7-13(15)2/h3-10H,11H2,1-2H3,(H,18,20). The average Bonchev–Trinajstić information content (AvgIpc) is 2.45. The largest absolute Gasteiger partial charge is 0.345 e. The molecule has 0 aliphatic heterocycles. The van der Waals surface area contributed by atoms with Gasteiger partial charge in [-0.15, -0.1) is 0 Å². The van der Waals surface area contributed by atoms with Gasteiger partial charge in [0.25, 0.3) is 5.91 Å². The Hall–Kier alpha value is -2.42. The van der Waals surface area contributed by atoms with Crippen LogP contribution in [0.3, 0.4) is 0 Å². The SMILES string of the molecule is Cc1cccc(C(=O)CNC(=O)c2ccccc2C)c1. The van der Waals surface area contributed by atoms with E-state index >= 15 is 0 Å². The fraction of sp³-hybridized carbons (Fsp3) is 0.176. The summed E-state index contributed by atoms with van der Waals surface area (Å²) in [6, 6.07) is 14.7. The molecule has 3 heteroatoms. The van der Waals surface area contributed by atoms with E-state index in [0.717, 1.165) is 11.1 Å². The number of Topliss-reactive ketones (excluding diaryl/α,β-unsaturated/α-hetero) is 1. The van der Waals surface area contributed by atoms with Crippen molar-refractivity contribution in [1.82, 2.24) is 5.32 Å². The number of carbonyl (C=O) groups excluding carboxylic acids is 2. The van der Waals surface area contributed by atoms with Crippen LogP contribution in [0.25, 0.3) is 0 Å². The lowest BCUT2D eigenvalue weighted by molar-refractivity contribution is 0.0903. The van der Waals surface area contributed by atoms with Crippen LogP contribution in [-0.4, -0.2) is 18.2 Å². The topological polar surface area (TPSA) is 46.2 Å². The Bertz CT molecular complexity index is 647. The molecule has 2 aromatic rings. The molecule has 0 aliphatic rings. The van der Waals surface area contributed by atoms with Crippen LogP contribution in [0.5, 0.6) is 0 Å². The Balaban J connectivity index is 2.01. The first kappa shape index (κ1) is 14.0. The number of carbonyl (C=O) groups is 2. The molecule has 102 valence electrons. The van der Waals surface area contributed by atoms with Crippen molar-refractivity contribution >= 4 is 11.7 Å². The average molecular weight is 267 g/mol. The molecule has 0 aromatic heterocycles. The van der Waals surface area contributed by atoms with Crippen LogP contribution < -0.4 is 5.32 Å². The van der Waals surface area contributed by atoms with Crippen molar-refractivity contribution in [2.45, 2.75) is 13.8 Å². The maximum absolute atomic E-state index is 12.0. The predicted molar refractivity (Wildman–Crippen MR) is 79.0 cm³/mol. The fourth-order valence-corrected chi connectivity index (χ4v) is 2.00. The summed E-state index contributed by atoms with van der Waals surface area (Å²) >= 11 is 0. The van der Waals surface area contributed by atoms with E-state index in [2.05, 4.69) is 5.32 Å². The monoisotopic (exact) mass is 267 g/mol. The van der Waals surface area contributed by atoms with Gasteiger partial charge in [0.1, 0.15) is 0 Å². The molecule has 0 unspecified atom stereocenters. The van der Waals surface area contributed by atoms with Gasteiger partial charge in [0.05, 0.1) is 6.54 Å². The van der Waals surface area contributed by atoms with Crippen LogP contribution in [0, 0.1) is 13.8 Å². The molecule has 0 saturated carbocycles. The molecule has 0 saturated heterocycles. The summed E-state index contributed by atoms with van der Waals surface area (Å²) in [5, 5.41) is 2.67. The van der Waals surface area contributed by atoms with Crippen molar-refractivity contribution in [2.24, 2.45) is 0 Å². The Morgan fingerprint density at radius 3 is 2.45 bits per heavy atom. The summed E-state index contributed by atoms with van der Waals surface area (Å²) in [6.07, 6.45) is 0. The maximum atomic E-state index is 12.0. The third-order valence-electron chi connectivity index (χ3n) is 3.14. The van der Waals surface area contributed by atoms with Crippen LogP contribution in [0.4, 0.5) is 0 Å². The molecule has 0 atom stereocenters. The molecule has 0 aliphatic carbocycles. The molecule has 2 rings (SSSR count). The molecule has 0 fully saturated rings. The predicted octanol–water partition coefficient (Wildman–Crippen LogP) is 2.92. The summed E-state index contributed by atoms with van der Waals surface area (Å²) in [5.74, 6) is -0.306. The van der Waals surface area contributed by atoms with E-state index in [9.17, 15) is 9.59 Å². The highest BCUT2D eigenvalue weighted by Gasteiger charge is 2.11. The zero-order chi connectivity index (χ0) is 14.5. The Morgan fingerprint density at radius 1 is 1.00 bits per heavy atom. The summed E-state index contributed by atoms with van der Waals surface area (Å²) in [5.41, 5.74) is 3.15. The second-order valence-electron chi connectivity index (χ2n) is 4.79. The first-order chi connectivity index (χ1) is 9.58. The van der Waals surface area contributed by atoms with Crippen molar-refractivity contribution < 1.29 is 9.59 Å². The molecular formula is C17H17NO2. The van der Waals surface area contributed by atoms with Crippen molar-refractivity contribution in [3.8, 4) is 0 Å². The number of hydrogen-bond donors (Lipinski definition) is 1. The molecule has 1 N–H and O–H groups in total. The number of aryl methyl sites for hydroxylation is 2. The summed E-state index contributed by atoms with van der Waals surface area (Å²) in [7, 11) is 0. The summed E-state index contributed by atoms with van der Waals surface area (Å²) in [6.45, 7) is 3.82. The van der Waals surface area contributed by atoms with Gasteiger partial charge in [-0.05, 0) is 31.5 Å². The van der Waals surface area contributed by atoms with Gasteiger partial charge in [0.2, 0.25) is 0 Å². The minimum atomic E-state index is -0.218. The second kappa shape index (κ2) is 6.15. The number of nitrogens with one attached hydrogen (secondary N) is 1. The van der Waals surface area contributed by atoms with E-state index in [4.69, 9.17) is 0 Å². The maximum Gasteiger partial charge on any atom is 0.251 e. The second-order valence-corrected chi connectivity index (χ2v) is 4.79. The van der Waals surface area contributed by atoms with Crippen LogP contribution in [0.2, 0.25) is 0 Å².